The van der Waals surface area contributed by atoms with Crippen LogP contribution in [0.15, 0.2) is 42.7 Å². The minimum atomic E-state index is -0.962. The summed E-state index contributed by atoms with van der Waals surface area (Å²) in [6.07, 6.45) is 1.23. The van der Waals surface area contributed by atoms with Crippen LogP contribution in [0.5, 0.6) is 0 Å². The fourth-order valence-electron chi connectivity index (χ4n) is 2.26. The zero-order chi connectivity index (χ0) is 17.3. The van der Waals surface area contributed by atoms with Crippen molar-refractivity contribution < 1.29 is 14.1 Å². The maximum absolute atomic E-state index is 13.7. The molecule has 2 aromatic carbocycles. The quantitative estimate of drug-likeness (QED) is 0.446. The number of carbonyl (C=O) groups is 1. The van der Waals surface area contributed by atoms with Gasteiger partial charge in [0.1, 0.15) is 12.1 Å². The van der Waals surface area contributed by atoms with Gasteiger partial charge in [-0.05, 0) is 19.1 Å². The lowest BCUT2D eigenvalue weighted by molar-refractivity contribution is -0.387. The average Bonchev–Trinajstić information content (AvgIpc) is 2.54. The molecule has 0 bridgehead atoms. The van der Waals surface area contributed by atoms with E-state index < -0.39 is 16.4 Å². The summed E-state index contributed by atoms with van der Waals surface area (Å²) in [5, 5.41) is 14.2. The second-order valence-electron chi connectivity index (χ2n) is 5.06. The molecule has 0 aliphatic rings. The van der Waals surface area contributed by atoms with E-state index in [0.717, 1.165) is 12.1 Å². The van der Waals surface area contributed by atoms with E-state index in [2.05, 4.69) is 15.3 Å². The summed E-state index contributed by atoms with van der Waals surface area (Å²) in [7, 11) is 0. The van der Waals surface area contributed by atoms with Crippen LogP contribution >= 0.6 is 0 Å². The zero-order valence-electron chi connectivity index (χ0n) is 12.5. The van der Waals surface area contributed by atoms with Crippen molar-refractivity contribution in [2.75, 3.05) is 5.32 Å². The Labute approximate surface area is 135 Å². The van der Waals surface area contributed by atoms with Crippen LogP contribution in [-0.2, 0) is 0 Å². The van der Waals surface area contributed by atoms with Gasteiger partial charge < -0.3 is 5.32 Å². The summed E-state index contributed by atoms with van der Waals surface area (Å²) in [6, 6.07) is 8.80. The van der Waals surface area contributed by atoms with E-state index in [1.165, 1.54) is 13.3 Å². The lowest BCUT2D eigenvalue weighted by Gasteiger charge is -2.09. The van der Waals surface area contributed by atoms with Crippen molar-refractivity contribution in [1.82, 2.24) is 9.97 Å². The van der Waals surface area contributed by atoms with Gasteiger partial charge in [-0.3, -0.25) is 14.9 Å². The lowest BCUT2D eigenvalue weighted by Crippen LogP contribution is -2.00. The van der Waals surface area contributed by atoms with Crippen LogP contribution in [0, 0.1) is 15.9 Å². The molecular formula is C16H11FN4O3. The molecule has 0 radical (unpaired) electrons. The van der Waals surface area contributed by atoms with Gasteiger partial charge in [-0.25, -0.2) is 9.97 Å². The fraction of sp³-hybridized carbons (Fsp3) is 0.0625. The zero-order valence-corrected chi connectivity index (χ0v) is 12.5. The van der Waals surface area contributed by atoms with Gasteiger partial charge in [0.2, 0.25) is 5.82 Å². The number of hydrogen-bond donors (Lipinski definition) is 1. The smallest absolute Gasteiger partial charge is 0.305 e. The van der Waals surface area contributed by atoms with Crippen molar-refractivity contribution >= 4 is 33.9 Å². The first-order chi connectivity index (χ1) is 11.5. The van der Waals surface area contributed by atoms with Crippen LogP contribution in [0.4, 0.5) is 21.6 Å². The van der Waals surface area contributed by atoms with Crippen molar-refractivity contribution in [3.05, 3.63) is 64.2 Å². The Morgan fingerprint density at radius 3 is 2.75 bits per heavy atom. The third kappa shape index (κ3) is 2.89. The van der Waals surface area contributed by atoms with Crippen LogP contribution in [0.2, 0.25) is 0 Å². The molecule has 1 heterocycles. The normalized spacial score (nSPS) is 10.6. The van der Waals surface area contributed by atoms with E-state index in [1.54, 1.807) is 24.3 Å². The molecule has 120 valence electrons. The molecule has 24 heavy (non-hydrogen) atoms. The van der Waals surface area contributed by atoms with Crippen molar-refractivity contribution in [2.45, 2.75) is 6.92 Å². The van der Waals surface area contributed by atoms with Gasteiger partial charge in [0.05, 0.1) is 15.8 Å². The van der Waals surface area contributed by atoms with Gasteiger partial charge >= 0.3 is 5.69 Å². The number of benzene rings is 2. The monoisotopic (exact) mass is 326 g/mol. The van der Waals surface area contributed by atoms with E-state index in [-0.39, 0.29) is 17.1 Å². The van der Waals surface area contributed by atoms with E-state index in [0.29, 0.717) is 16.6 Å². The molecule has 0 unspecified atom stereocenters. The molecule has 3 aromatic rings. The van der Waals surface area contributed by atoms with Gasteiger partial charge in [-0.2, -0.15) is 4.39 Å². The molecule has 0 spiro atoms. The number of fused-ring (bicyclic) bond motifs is 1. The second kappa shape index (κ2) is 5.99. The molecule has 3 rings (SSSR count). The predicted octanol–water partition coefficient (Wildman–Crippen LogP) is 3.62. The van der Waals surface area contributed by atoms with E-state index >= 15 is 0 Å². The summed E-state index contributed by atoms with van der Waals surface area (Å²) in [5.74, 6) is -0.775. The molecule has 7 nitrogen and oxygen atoms in total. The summed E-state index contributed by atoms with van der Waals surface area (Å²) < 4.78 is 13.7. The average molecular weight is 326 g/mol. The Morgan fingerprint density at radius 1 is 1.25 bits per heavy atom. The number of ketones is 1. The summed E-state index contributed by atoms with van der Waals surface area (Å²) in [5.41, 5.74) is 0.668. The Bertz CT molecular complexity index is 975. The number of nitro groups is 1. The number of Topliss-reactive ketones (excluding diaryl/α,β-unsaturated/α-hetero) is 1. The van der Waals surface area contributed by atoms with Crippen LogP contribution in [0.25, 0.3) is 10.9 Å². The largest absolute Gasteiger partial charge is 0.340 e. The Morgan fingerprint density at radius 2 is 2.04 bits per heavy atom. The Hall–Kier alpha value is -3.42. The Kier molecular flexibility index (Phi) is 3.87. The molecule has 0 saturated carbocycles. The molecule has 0 saturated heterocycles. The number of carbonyl (C=O) groups excluding carboxylic acids is 1. The summed E-state index contributed by atoms with van der Waals surface area (Å²) >= 11 is 0. The first-order valence-electron chi connectivity index (χ1n) is 6.92. The molecule has 0 aliphatic carbocycles. The van der Waals surface area contributed by atoms with E-state index in [1.807, 2.05) is 0 Å². The molecule has 0 amide bonds. The highest BCUT2D eigenvalue weighted by molar-refractivity contribution is 5.96. The van der Waals surface area contributed by atoms with Crippen molar-refractivity contribution in [1.29, 1.82) is 0 Å². The minimum absolute atomic E-state index is 0.0936. The minimum Gasteiger partial charge on any atom is -0.340 e. The van der Waals surface area contributed by atoms with Crippen molar-refractivity contribution in [3.63, 3.8) is 0 Å². The molecular weight excluding hydrogens is 315 g/mol. The van der Waals surface area contributed by atoms with Crippen LogP contribution in [0.1, 0.15) is 17.3 Å². The molecule has 1 aromatic heterocycles. The molecule has 0 fully saturated rings. The van der Waals surface area contributed by atoms with Crippen LogP contribution in [-0.4, -0.2) is 20.7 Å². The maximum Gasteiger partial charge on any atom is 0.305 e. The van der Waals surface area contributed by atoms with Gasteiger partial charge in [-0.1, -0.05) is 12.1 Å². The number of aromatic nitrogens is 2. The topological polar surface area (TPSA) is 98.0 Å². The number of halogens is 1. The second-order valence-corrected chi connectivity index (χ2v) is 5.06. The van der Waals surface area contributed by atoms with E-state index in [9.17, 15) is 19.3 Å². The number of rotatable bonds is 4. The van der Waals surface area contributed by atoms with Crippen LogP contribution < -0.4 is 5.32 Å². The fourth-order valence-corrected chi connectivity index (χ4v) is 2.26. The molecule has 0 aliphatic heterocycles. The predicted molar refractivity (Wildman–Crippen MR) is 85.9 cm³/mol. The van der Waals surface area contributed by atoms with Gasteiger partial charge in [0, 0.05) is 23.4 Å². The SMILES string of the molecule is CC(=O)c1cccc(Nc2ncnc3cc(F)c([N+](=O)[O-])cc23)c1. The molecule has 1 N–H and O–H groups in total. The third-order valence-corrected chi connectivity index (χ3v) is 3.43. The first kappa shape index (κ1) is 15.5. The van der Waals surface area contributed by atoms with Crippen LogP contribution in [0.3, 0.4) is 0 Å². The molecule has 0 atom stereocenters. The van der Waals surface area contributed by atoms with Crippen molar-refractivity contribution in [2.24, 2.45) is 0 Å². The maximum atomic E-state index is 13.7. The van der Waals surface area contributed by atoms with Crippen molar-refractivity contribution in [3.8, 4) is 0 Å². The molecule has 8 heteroatoms. The number of nitrogens with zero attached hydrogens (tertiary/aromatic N) is 3. The number of anilines is 2. The number of nitrogens with one attached hydrogen (secondary N) is 1. The Balaban J connectivity index is 2.09. The highest BCUT2D eigenvalue weighted by Gasteiger charge is 2.17. The van der Waals surface area contributed by atoms with Gasteiger partial charge in [-0.15, -0.1) is 0 Å². The highest BCUT2D eigenvalue weighted by Crippen LogP contribution is 2.29. The first-order valence-corrected chi connectivity index (χ1v) is 6.92. The lowest BCUT2D eigenvalue weighted by atomic mass is 10.1. The van der Waals surface area contributed by atoms with E-state index in [4.69, 9.17) is 0 Å². The summed E-state index contributed by atoms with van der Waals surface area (Å²) in [6.45, 7) is 1.45. The van der Waals surface area contributed by atoms with Gasteiger partial charge in [0.15, 0.2) is 5.78 Å². The number of hydrogen-bond acceptors (Lipinski definition) is 6. The summed E-state index contributed by atoms with van der Waals surface area (Å²) in [4.78, 5) is 29.5. The highest BCUT2D eigenvalue weighted by atomic mass is 19.1. The standard InChI is InChI=1S/C16H11FN4O3/c1-9(22)10-3-2-4-11(5-10)20-16-12-6-15(21(23)24)13(17)7-14(12)18-8-19-16/h2-8H,1H3,(H,18,19,20). The third-order valence-electron chi connectivity index (χ3n) is 3.43. The van der Waals surface area contributed by atoms with Gasteiger partial charge in [0.25, 0.3) is 0 Å². The number of nitro benzene ring substituents is 1.